The van der Waals surface area contributed by atoms with E-state index in [4.69, 9.17) is 16.3 Å². The minimum absolute atomic E-state index is 0.0183. The lowest BCUT2D eigenvalue weighted by Gasteiger charge is -2.06. The standard InChI is InChI=1S/C17H13ClN2O3S/c1-10(21)11-2-5-13(6-3-11)23-9-16(22)20-17-19-14-7-4-12(18)8-15(14)24-17/h2-8H,9H2,1H3,(H,19,20,22). The number of ether oxygens (including phenoxy) is 1. The Morgan fingerprint density at radius 3 is 2.67 bits per heavy atom. The number of ketones is 1. The summed E-state index contributed by atoms with van der Waals surface area (Å²) in [7, 11) is 0. The fraction of sp³-hybridized carbons (Fsp3) is 0.118. The van der Waals surface area contributed by atoms with Gasteiger partial charge in [-0.15, -0.1) is 0 Å². The molecule has 1 amide bonds. The molecule has 0 bridgehead atoms. The van der Waals surface area contributed by atoms with Gasteiger partial charge in [0.05, 0.1) is 10.2 Å². The van der Waals surface area contributed by atoms with Crippen LogP contribution >= 0.6 is 22.9 Å². The molecule has 0 aliphatic carbocycles. The van der Waals surface area contributed by atoms with Crippen molar-refractivity contribution in [1.82, 2.24) is 4.98 Å². The van der Waals surface area contributed by atoms with Gasteiger partial charge in [0, 0.05) is 10.6 Å². The number of hydrogen-bond donors (Lipinski definition) is 1. The Morgan fingerprint density at radius 2 is 1.96 bits per heavy atom. The summed E-state index contributed by atoms with van der Waals surface area (Å²) in [5.41, 5.74) is 1.38. The van der Waals surface area contributed by atoms with Crippen molar-refractivity contribution >= 4 is 50.0 Å². The maximum absolute atomic E-state index is 12.0. The van der Waals surface area contributed by atoms with Crippen molar-refractivity contribution in [2.24, 2.45) is 0 Å². The second-order valence-electron chi connectivity index (χ2n) is 5.05. The molecular formula is C17H13ClN2O3S. The molecule has 122 valence electrons. The van der Waals surface area contributed by atoms with Crippen LogP contribution in [0.5, 0.6) is 5.75 Å². The summed E-state index contributed by atoms with van der Waals surface area (Å²) in [4.78, 5) is 27.5. The molecule has 0 saturated heterocycles. The number of carbonyl (C=O) groups is 2. The van der Waals surface area contributed by atoms with E-state index in [9.17, 15) is 9.59 Å². The van der Waals surface area contributed by atoms with E-state index in [-0.39, 0.29) is 18.3 Å². The van der Waals surface area contributed by atoms with Crippen molar-refractivity contribution in [3.63, 3.8) is 0 Å². The number of fused-ring (bicyclic) bond motifs is 1. The SMILES string of the molecule is CC(=O)c1ccc(OCC(=O)Nc2nc3ccc(Cl)cc3s2)cc1. The molecule has 0 aliphatic heterocycles. The summed E-state index contributed by atoms with van der Waals surface area (Å²) in [6, 6.07) is 12.0. The first-order chi connectivity index (χ1) is 11.5. The van der Waals surface area contributed by atoms with Crippen molar-refractivity contribution in [1.29, 1.82) is 0 Å². The summed E-state index contributed by atoms with van der Waals surface area (Å²) in [5.74, 6) is 0.192. The van der Waals surface area contributed by atoms with Gasteiger partial charge in [-0.1, -0.05) is 22.9 Å². The topological polar surface area (TPSA) is 68.3 Å². The van der Waals surface area contributed by atoms with E-state index in [1.807, 2.05) is 0 Å². The van der Waals surface area contributed by atoms with Gasteiger partial charge in [-0.2, -0.15) is 0 Å². The van der Waals surface area contributed by atoms with E-state index < -0.39 is 0 Å². The smallest absolute Gasteiger partial charge is 0.264 e. The molecule has 1 heterocycles. The molecule has 2 aromatic carbocycles. The molecule has 0 aliphatic rings. The number of nitrogens with zero attached hydrogens (tertiary/aromatic N) is 1. The molecule has 0 fully saturated rings. The zero-order valence-electron chi connectivity index (χ0n) is 12.7. The first-order valence-corrected chi connectivity index (χ1v) is 8.30. The van der Waals surface area contributed by atoms with Gasteiger partial charge in [0.1, 0.15) is 5.75 Å². The second kappa shape index (κ2) is 6.98. The maximum Gasteiger partial charge on any atom is 0.264 e. The van der Waals surface area contributed by atoms with Crippen molar-refractivity contribution in [2.45, 2.75) is 6.92 Å². The van der Waals surface area contributed by atoms with Crippen molar-refractivity contribution in [3.8, 4) is 5.75 Å². The second-order valence-corrected chi connectivity index (χ2v) is 6.52. The highest BCUT2D eigenvalue weighted by molar-refractivity contribution is 7.22. The molecule has 5 nitrogen and oxygen atoms in total. The molecule has 1 N–H and O–H groups in total. The predicted molar refractivity (Wildman–Crippen MR) is 95.2 cm³/mol. The van der Waals surface area contributed by atoms with Crippen LogP contribution in [0.25, 0.3) is 10.2 Å². The molecule has 0 atom stereocenters. The van der Waals surface area contributed by atoms with E-state index in [2.05, 4.69) is 10.3 Å². The summed E-state index contributed by atoms with van der Waals surface area (Å²) in [6.45, 7) is 1.35. The number of Topliss-reactive ketones (excluding diaryl/α,β-unsaturated/α-hetero) is 1. The van der Waals surface area contributed by atoms with Crippen LogP contribution < -0.4 is 10.1 Å². The average molecular weight is 361 g/mol. The lowest BCUT2D eigenvalue weighted by atomic mass is 10.1. The Morgan fingerprint density at radius 1 is 1.21 bits per heavy atom. The van der Waals surface area contributed by atoms with Gasteiger partial charge in [-0.3, -0.25) is 14.9 Å². The summed E-state index contributed by atoms with van der Waals surface area (Å²) in [6.07, 6.45) is 0. The van der Waals surface area contributed by atoms with Crippen LogP contribution in [-0.4, -0.2) is 23.3 Å². The molecule has 0 saturated carbocycles. The van der Waals surface area contributed by atoms with E-state index in [1.54, 1.807) is 42.5 Å². The fourth-order valence-electron chi connectivity index (χ4n) is 2.04. The molecule has 7 heteroatoms. The Balaban J connectivity index is 1.59. The van der Waals surface area contributed by atoms with Crippen LogP contribution in [0.1, 0.15) is 17.3 Å². The number of nitrogens with one attached hydrogen (secondary N) is 1. The van der Waals surface area contributed by atoms with Crippen LogP contribution in [0.2, 0.25) is 5.02 Å². The van der Waals surface area contributed by atoms with Crippen LogP contribution in [-0.2, 0) is 4.79 Å². The predicted octanol–water partition coefficient (Wildman–Crippen LogP) is 4.17. The summed E-state index contributed by atoms with van der Waals surface area (Å²) in [5, 5.41) is 3.82. The lowest BCUT2D eigenvalue weighted by Crippen LogP contribution is -2.20. The molecular weight excluding hydrogens is 348 g/mol. The average Bonchev–Trinajstić information content (AvgIpc) is 2.94. The number of rotatable bonds is 5. The monoisotopic (exact) mass is 360 g/mol. The highest BCUT2D eigenvalue weighted by Gasteiger charge is 2.09. The van der Waals surface area contributed by atoms with Crippen LogP contribution in [0.15, 0.2) is 42.5 Å². The summed E-state index contributed by atoms with van der Waals surface area (Å²) < 4.78 is 6.30. The number of halogens is 1. The number of amides is 1. The quantitative estimate of drug-likeness (QED) is 0.693. The van der Waals surface area contributed by atoms with E-state index in [0.29, 0.717) is 21.5 Å². The van der Waals surface area contributed by atoms with Crippen molar-refractivity contribution in [3.05, 3.63) is 53.1 Å². The molecule has 0 spiro atoms. The third-order valence-corrected chi connectivity index (χ3v) is 4.40. The van der Waals surface area contributed by atoms with Gasteiger partial charge in [-0.05, 0) is 49.4 Å². The number of aromatic nitrogens is 1. The molecule has 3 aromatic rings. The number of benzene rings is 2. The van der Waals surface area contributed by atoms with Gasteiger partial charge < -0.3 is 4.74 Å². The third kappa shape index (κ3) is 3.90. The Hall–Kier alpha value is -2.44. The van der Waals surface area contributed by atoms with Gasteiger partial charge >= 0.3 is 0 Å². The number of thiazole rings is 1. The van der Waals surface area contributed by atoms with Gasteiger partial charge in [-0.25, -0.2) is 4.98 Å². The maximum atomic E-state index is 12.0. The minimum atomic E-state index is -0.309. The van der Waals surface area contributed by atoms with Gasteiger partial charge in [0.15, 0.2) is 17.5 Å². The van der Waals surface area contributed by atoms with E-state index in [0.717, 1.165) is 10.2 Å². The number of anilines is 1. The number of carbonyl (C=O) groups excluding carboxylic acids is 2. The van der Waals surface area contributed by atoms with Crippen LogP contribution in [0.4, 0.5) is 5.13 Å². The normalized spacial score (nSPS) is 10.6. The minimum Gasteiger partial charge on any atom is -0.484 e. The first kappa shape index (κ1) is 16.4. The highest BCUT2D eigenvalue weighted by atomic mass is 35.5. The first-order valence-electron chi connectivity index (χ1n) is 7.11. The molecule has 24 heavy (non-hydrogen) atoms. The van der Waals surface area contributed by atoms with E-state index in [1.165, 1.54) is 18.3 Å². The lowest BCUT2D eigenvalue weighted by molar-refractivity contribution is -0.118. The highest BCUT2D eigenvalue weighted by Crippen LogP contribution is 2.28. The zero-order chi connectivity index (χ0) is 17.1. The molecule has 0 unspecified atom stereocenters. The summed E-state index contributed by atoms with van der Waals surface area (Å²) >= 11 is 7.28. The Bertz CT molecular complexity index is 906. The number of hydrogen-bond acceptors (Lipinski definition) is 5. The molecule has 0 radical (unpaired) electrons. The van der Waals surface area contributed by atoms with E-state index >= 15 is 0 Å². The Labute approximate surface area is 147 Å². The van der Waals surface area contributed by atoms with Crippen molar-refractivity contribution in [2.75, 3.05) is 11.9 Å². The molecule has 1 aromatic heterocycles. The van der Waals surface area contributed by atoms with Crippen LogP contribution in [0.3, 0.4) is 0 Å². The fourth-order valence-corrected chi connectivity index (χ4v) is 3.20. The largest absolute Gasteiger partial charge is 0.484 e. The zero-order valence-corrected chi connectivity index (χ0v) is 14.3. The van der Waals surface area contributed by atoms with Crippen LogP contribution in [0, 0.1) is 0 Å². The van der Waals surface area contributed by atoms with Crippen molar-refractivity contribution < 1.29 is 14.3 Å². The third-order valence-electron chi connectivity index (χ3n) is 3.23. The van der Waals surface area contributed by atoms with Gasteiger partial charge in [0.25, 0.3) is 5.91 Å². The Kier molecular flexibility index (Phi) is 4.78. The molecule has 3 rings (SSSR count). The van der Waals surface area contributed by atoms with Gasteiger partial charge in [0.2, 0.25) is 0 Å².